The maximum Gasteiger partial charge on any atom is 0.344 e. The number of pyridine rings is 1. The fourth-order valence-electron chi connectivity index (χ4n) is 2.09. The molecule has 0 amide bonds. The molecule has 0 fully saturated rings. The minimum atomic E-state index is -0.640. The van der Waals surface area contributed by atoms with Crippen LogP contribution in [-0.2, 0) is 11.8 Å². The van der Waals surface area contributed by atoms with Crippen LogP contribution in [0.2, 0.25) is 0 Å². The zero-order valence-electron chi connectivity index (χ0n) is 11.3. The summed E-state index contributed by atoms with van der Waals surface area (Å²) in [6.45, 7) is 1.83. The van der Waals surface area contributed by atoms with E-state index < -0.39 is 5.97 Å². The summed E-state index contributed by atoms with van der Waals surface area (Å²) in [7, 11) is 4.42. The largest absolute Gasteiger partial charge is 0.497 e. The third-order valence-corrected chi connectivity index (χ3v) is 3.30. The molecule has 1 aromatic heterocycles. The number of benzene rings is 1. The lowest BCUT2D eigenvalue weighted by Gasteiger charge is -2.12. The number of carbonyl (C=O) groups is 1. The SMILES string of the molecule is COC(=O)c1c(=O)n(C)c(C)c2ccc(OC)cc12. The van der Waals surface area contributed by atoms with E-state index in [1.54, 1.807) is 19.2 Å². The van der Waals surface area contributed by atoms with E-state index in [9.17, 15) is 9.59 Å². The summed E-state index contributed by atoms with van der Waals surface area (Å²) in [6, 6.07) is 5.30. The number of hydrogen-bond acceptors (Lipinski definition) is 4. The third-order valence-electron chi connectivity index (χ3n) is 3.30. The Morgan fingerprint density at radius 2 is 1.89 bits per heavy atom. The molecule has 0 N–H and O–H groups in total. The van der Waals surface area contributed by atoms with Gasteiger partial charge in [-0.3, -0.25) is 4.79 Å². The van der Waals surface area contributed by atoms with Crippen molar-refractivity contribution >= 4 is 16.7 Å². The van der Waals surface area contributed by atoms with Gasteiger partial charge in [0.15, 0.2) is 0 Å². The highest BCUT2D eigenvalue weighted by Crippen LogP contribution is 2.25. The van der Waals surface area contributed by atoms with Crippen LogP contribution in [0.5, 0.6) is 5.75 Å². The van der Waals surface area contributed by atoms with Gasteiger partial charge in [-0.25, -0.2) is 4.79 Å². The van der Waals surface area contributed by atoms with Crippen LogP contribution in [0.3, 0.4) is 0 Å². The van der Waals surface area contributed by atoms with Crippen molar-refractivity contribution in [3.8, 4) is 5.75 Å². The quantitative estimate of drug-likeness (QED) is 0.771. The number of methoxy groups -OCH3 is 2. The smallest absolute Gasteiger partial charge is 0.344 e. The van der Waals surface area contributed by atoms with Gasteiger partial charge >= 0.3 is 5.97 Å². The number of rotatable bonds is 2. The predicted molar refractivity (Wildman–Crippen MR) is 71.8 cm³/mol. The summed E-state index contributed by atoms with van der Waals surface area (Å²) in [4.78, 5) is 24.1. The molecule has 0 unspecified atom stereocenters. The molecule has 2 rings (SSSR count). The normalized spacial score (nSPS) is 10.5. The molecule has 0 atom stereocenters. The minimum absolute atomic E-state index is 0.0319. The number of hydrogen-bond donors (Lipinski definition) is 0. The number of carbonyl (C=O) groups excluding carboxylic acids is 1. The fraction of sp³-hybridized carbons (Fsp3) is 0.286. The van der Waals surface area contributed by atoms with E-state index in [2.05, 4.69) is 0 Å². The van der Waals surface area contributed by atoms with E-state index in [1.807, 2.05) is 13.0 Å². The summed E-state index contributed by atoms with van der Waals surface area (Å²) in [5.74, 6) is -0.0517. The Bertz CT molecular complexity index is 715. The van der Waals surface area contributed by atoms with Crippen molar-refractivity contribution in [1.29, 1.82) is 0 Å². The molecule has 100 valence electrons. The summed E-state index contributed by atoms with van der Waals surface area (Å²) in [6.07, 6.45) is 0. The van der Waals surface area contributed by atoms with Gasteiger partial charge in [-0.2, -0.15) is 0 Å². The second-order valence-corrected chi connectivity index (χ2v) is 4.23. The fourth-order valence-corrected chi connectivity index (χ4v) is 2.09. The van der Waals surface area contributed by atoms with Crippen molar-refractivity contribution in [3.05, 3.63) is 39.8 Å². The second-order valence-electron chi connectivity index (χ2n) is 4.23. The maximum absolute atomic E-state index is 12.2. The van der Waals surface area contributed by atoms with Crippen LogP contribution >= 0.6 is 0 Å². The number of esters is 1. The minimum Gasteiger partial charge on any atom is -0.497 e. The van der Waals surface area contributed by atoms with E-state index in [4.69, 9.17) is 9.47 Å². The first-order valence-corrected chi connectivity index (χ1v) is 5.77. The van der Waals surface area contributed by atoms with Crippen LogP contribution in [0.25, 0.3) is 10.8 Å². The molecule has 0 saturated heterocycles. The predicted octanol–water partition coefficient (Wildman–Crippen LogP) is 1.64. The lowest BCUT2D eigenvalue weighted by Crippen LogP contribution is -2.27. The molecular formula is C14H15NO4. The highest BCUT2D eigenvalue weighted by Gasteiger charge is 2.19. The van der Waals surface area contributed by atoms with Crippen LogP contribution < -0.4 is 10.3 Å². The van der Waals surface area contributed by atoms with Gasteiger partial charge in [0.1, 0.15) is 11.3 Å². The van der Waals surface area contributed by atoms with Crippen LogP contribution in [0, 0.1) is 6.92 Å². The molecular weight excluding hydrogens is 246 g/mol. The summed E-state index contributed by atoms with van der Waals surface area (Å²) in [5.41, 5.74) is 0.449. The summed E-state index contributed by atoms with van der Waals surface area (Å²) < 4.78 is 11.3. The standard InChI is InChI=1S/C14H15NO4/c1-8-10-6-5-9(18-3)7-11(10)12(14(17)19-4)13(16)15(8)2/h5-7H,1-4H3. The topological polar surface area (TPSA) is 57.5 Å². The molecule has 0 spiro atoms. The molecule has 1 aromatic carbocycles. The van der Waals surface area contributed by atoms with E-state index in [-0.39, 0.29) is 11.1 Å². The summed E-state index contributed by atoms with van der Waals surface area (Å²) >= 11 is 0. The summed E-state index contributed by atoms with van der Waals surface area (Å²) in [5, 5.41) is 1.37. The van der Waals surface area contributed by atoms with E-state index in [1.165, 1.54) is 18.8 Å². The first-order valence-electron chi connectivity index (χ1n) is 5.77. The van der Waals surface area contributed by atoms with Crippen molar-refractivity contribution in [2.75, 3.05) is 14.2 Å². The van der Waals surface area contributed by atoms with Gasteiger partial charge < -0.3 is 14.0 Å². The number of ether oxygens (including phenoxy) is 2. The van der Waals surface area contributed by atoms with Gasteiger partial charge in [-0.15, -0.1) is 0 Å². The zero-order chi connectivity index (χ0) is 14.2. The molecule has 5 heteroatoms. The molecule has 0 aliphatic carbocycles. The third kappa shape index (κ3) is 1.97. The lowest BCUT2D eigenvalue weighted by atomic mass is 10.0. The van der Waals surface area contributed by atoms with Gasteiger partial charge in [-0.1, -0.05) is 0 Å². The molecule has 0 radical (unpaired) electrons. The average Bonchev–Trinajstić information content (AvgIpc) is 2.44. The average molecular weight is 261 g/mol. The molecule has 5 nitrogen and oxygen atoms in total. The van der Waals surface area contributed by atoms with Crippen LogP contribution in [0.15, 0.2) is 23.0 Å². The number of nitrogens with zero attached hydrogens (tertiary/aromatic N) is 1. The Morgan fingerprint density at radius 3 is 2.47 bits per heavy atom. The molecule has 1 heterocycles. The monoisotopic (exact) mass is 261 g/mol. The highest BCUT2D eigenvalue weighted by atomic mass is 16.5. The van der Waals surface area contributed by atoms with Gasteiger partial charge in [0.2, 0.25) is 0 Å². The molecule has 2 aromatic rings. The van der Waals surface area contributed by atoms with Crippen LogP contribution in [-0.4, -0.2) is 24.8 Å². The highest BCUT2D eigenvalue weighted by molar-refractivity contribution is 6.05. The first-order chi connectivity index (χ1) is 9.01. The molecule has 19 heavy (non-hydrogen) atoms. The zero-order valence-corrected chi connectivity index (χ0v) is 11.3. The molecule has 0 bridgehead atoms. The van der Waals surface area contributed by atoms with E-state index >= 15 is 0 Å². The van der Waals surface area contributed by atoms with Crippen molar-refractivity contribution in [3.63, 3.8) is 0 Å². The Balaban J connectivity index is 2.98. The van der Waals surface area contributed by atoms with E-state index in [0.29, 0.717) is 11.1 Å². The van der Waals surface area contributed by atoms with Crippen LogP contribution in [0.4, 0.5) is 0 Å². The Hall–Kier alpha value is -2.30. The number of aryl methyl sites for hydroxylation is 1. The van der Waals surface area contributed by atoms with Crippen molar-refractivity contribution < 1.29 is 14.3 Å². The molecule has 0 aliphatic heterocycles. The Labute approximate surface area is 110 Å². The van der Waals surface area contributed by atoms with Gasteiger partial charge in [-0.05, 0) is 25.1 Å². The second kappa shape index (κ2) is 4.76. The Kier molecular flexibility index (Phi) is 3.29. The number of aromatic nitrogens is 1. The lowest BCUT2D eigenvalue weighted by molar-refractivity contribution is 0.0600. The maximum atomic E-state index is 12.2. The molecule has 0 aliphatic rings. The Morgan fingerprint density at radius 1 is 1.21 bits per heavy atom. The van der Waals surface area contributed by atoms with Crippen molar-refractivity contribution in [2.24, 2.45) is 7.05 Å². The van der Waals surface area contributed by atoms with Gasteiger partial charge in [0.25, 0.3) is 5.56 Å². The number of fused-ring (bicyclic) bond motifs is 1. The van der Waals surface area contributed by atoms with Crippen molar-refractivity contribution in [2.45, 2.75) is 6.92 Å². The molecule has 0 saturated carbocycles. The van der Waals surface area contributed by atoms with Crippen LogP contribution in [0.1, 0.15) is 16.1 Å². The van der Waals surface area contributed by atoms with Crippen molar-refractivity contribution in [1.82, 2.24) is 4.57 Å². The van der Waals surface area contributed by atoms with Gasteiger partial charge in [0.05, 0.1) is 14.2 Å². The van der Waals surface area contributed by atoms with E-state index in [0.717, 1.165) is 11.1 Å². The van der Waals surface area contributed by atoms with Gasteiger partial charge in [0, 0.05) is 23.5 Å². The first kappa shape index (κ1) is 13.1.